The Hall–Kier alpha value is -1.69. The van der Waals surface area contributed by atoms with Crippen LogP contribution in [-0.2, 0) is 25.1 Å². The molecule has 23 heavy (non-hydrogen) atoms. The van der Waals surface area contributed by atoms with Gasteiger partial charge in [0.1, 0.15) is 0 Å². The summed E-state index contributed by atoms with van der Waals surface area (Å²) >= 11 is 0. The zero-order chi connectivity index (χ0) is 17.4. The van der Waals surface area contributed by atoms with E-state index in [9.17, 15) is 4.79 Å². The van der Waals surface area contributed by atoms with E-state index in [1.54, 1.807) is 13.2 Å². The van der Waals surface area contributed by atoms with Gasteiger partial charge in [-0.25, -0.2) is 9.68 Å². The maximum Gasteiger partial charge on any atom is 0.328 e. The number of aliphatic carboxylic acids is 1. The Morgan fingerprint density at radius 3 is 2.35 bits per heavy atom. The summed E-state index contributed by atoms with van der Waals surface area (Å²) in [7, 11) is 1.59. The fourth-order valence-corrected chi connectivity index (χ4v) is 3.22. The molecule has 126 valence electrons. The van der Waals surface area contributed by atoms with Crippen LogP contribution < -0.4 is 0 Å². The van der Waals surface area contributed by atoms with Crippen molar-refractivity contribution in [3.8, 4) is 0 Å². The number of methoxy groups -OCH3 is 1. The second-order valence-electron chi connectivity index (χ2n) is 6.56. The van der Waals surface area contributed by atoms with E-state index in [0.29, 0.717) is 0 Å². The smallest absolute Gasteiger partial charge is 0.328 e. The Balaban J connectivity index is 2.61. The molecule has 1 aromatic rings. The number of ether oxygens (including phenoxy) is 1. The van der Waals surface area contributed by atoms with Crippen LogP contribution in [0, 0.1) is 6.92 Å². The van der Waals surface area contributed by atoms with Crippen molar-refractivity contribution in [2.45, 2.75) is 51.9 Å². The lowest BCUT2D eigenvalue weighted by atomic mass is 9.81. The summed E-state index contributed by atoms with van der Waals surface area (Å²) < 4.78 is 5.67. The zero-order valence-corrected chi connectivity index (χ0v) is 14.5. The second kappa shape index (κ2) is 6.07. The van der Waals surface area contributed by atoms with Gasteiger partial charge >= 0.3 is 5.97 Å². The lowest BCUT2D eigenvalue weighted by Crippen LogP contribution is -2.62. The summed E-state index contributed by atoms with van der Waals surface area (Å²) in [5, 5.41) is 8.87. The number of hydrogen-bond donors (Lipinski definition) is 1. The zero-order valence-electron chi connectivity index (χ0n) is 14.5. The maximum atomic E-state index is 10.8. The first kappa shape index (κ1) is 17.7. The van der Waals surface area contributed by atoms with Gasteiger partial charge in [-0.3, -0.25) is 0 Å². The van der Waals surface area contributed by atoms with Crippen molar-refractivity contribution in [3.05, 3.63) is 40.5 Å². The van der Waals surface area contributed by atoms with Crippen LogP contribution in [0.25, 0.3) is 6.08 Å². The van der Waals surface area contributed by atoms with Gasteiger partial charge in [0.2, 0.25) is 0 Å². The van der Waals surface area contributed by atoms with Gasteiger partial charge in [0.15, 0.2) is 5.60 Å². The highest BCUT2D eigenvalue weighted by atomic mass is 17.3. The maximum absolute atomic E-state index is 10.8. The average molecular weight is 320 g/mol. The number of benzene rings is 1. The van der Waals surface area contributed by atoms with Crippen LogP contribution in [0.2, 0.25) is 0 Å². The third kappa shape index (κ3) is 2.80. The first-order chi connectivity index (χ1) is 10.7. The Bertz CT molecular complexity index is 641. The van der Waals surface area contributed by atoms with Crippen LogP contribution in [0.4, 0.5) is 0 Å². The highest BCUT2D eigenvalue weighted by Gasteiger charge is 2.61. The van der Waals surface area contributed by atoms with E-state index in [0.717, 1.165) is 28.3 Å². The van der Waals surface area contributed by atoms with Crippen molar-refractivity contribution < 1.29 is 24.4 Å². The van der Waals surface area contributed by atoms with Crippen LogP contribution in [0.1, 0.15) is 55.9 Å². The van der Waals surface area contributed by atoms with Gasteiger partial charge in [-0.2, -0.15) is 4.89 Å². The van der Waals surface area contributed by atoms with Crippen molar-refractivity contribution in [2.24, 2.45) is 0 Å². The molecule has 5 heteroatoms. The van der Waals surface area contributed by atoms with Crippen LogP contribution in [0.15, 0.2) is 18.2 Å². The van der Waals surface area contributed by atoms with Gasteiger partial charge in [-0.05, 0) is 49.5 Å². The molecule has 1 atom stereocenters. The average Bonchev–Trinajstić information content (AvgIpc) is 2.46. The molecule has 0 aliphatic carbocycles. The summed E-state index contributed by atoms with van der Waals surface area (Å²) in [5.41, 5.74) is 3.26. The van der Waals surface area contributed by atoms with Crippen molar-refractivity contribution in [3.63, 3.8) is 0 Å². The van der Waals surface area contributed by atoms with Gasteiger partial charge in [-0.15, -0.1) is 0 Å². The van der Waals surface area contributed by atoms with Gasteiger partial charge in [0.05, 0.1) is 0 Å². The molecule has 2 rings (SSSR count). The molecule has 0 aromatic heterocycles. The summed E-state index contributed by atoms with van der Waals surface area (Å²) in [4.78, 5) is 21.4. The molecule has 1 unspecified atom stereocenters. The summed E-state index contributed by atoms with van der Waals surface area (Å²) in [6.45, 7) is 9.97. The number of carboxylic acids is 1. The molecule has 1 saturated heterocycles. The molecule has 1 fully saturated rings. The van der Waals surface area contributed by atoms with Crippen LogP contribution in [0.5, 0.6) is 0 Å². The normalized spacial score (nSPS) is 23.3. The minimum Gasteiger partial charge on any atom is -0.478 e. The first-order valence-corrected chi connectivity index (χ1v) is 7.63. The molecule has 1 aliphatic heterocycles. The SMILES string of the molecule is COC1(c2ccc(/C=C/C(=O)O)c(C(C)C)c2C)OOC1(C)C. The van der Waals surface area contributed by atoms with E-state index >= 15 is 0 Å². The van der Waals surface area contributed by atoms with Crippen molar-refractivity contribution in [2.75, 3.05) is 7.11 Å². The van der Waals surface area contributed by atoms with Gasteiger partial charge in [0, 0.05) is 18.7 Å². The minimum atomic E-state index is -0.966. The number of carbonyl (C=O) groups is 1. The van der Waals surface area contributed by atoms with Gasteiger partial charge in [-0.1, -0.05) is 26.0 Å². The molecular weight excluding hydrogens is 296 g/mol. The quantitative estimate of drug-likeness (QED) is 0.661. The standard InChI is InChI=1S/C18H24O5/c1-11(2)16-12(3)14(9-7-13(16)8-10-15(19)20)18(21-6)17(4,5)22-23-18/h7-11H,1-6H3,(H,19,20)/b10-8+. The Labute approximate surface area is 136 Å². The van der Waals surface area contributed by atoms with Crippen molar-refractivity contribution in [1.29, 1.82) is 0 Å². The van der Waals surface area contributed by atoms with E-state index < -0.39 is 17.4 Å². The molecule has 0 amide bonds. The highest BCUT2D eigenvalue weighted by Crippen LogP contribution is 2.50. The summed E-state index contributed by atoms with van der Waals surface area (Å²) in [6, 6.07) is 3.81. The van der Waals surface area contributed by atoms with Gasteiger partial charge in [0.25, 0.3) is 5.79 Å². The van der Waals surface area contributed by atoms with E-state index in [1.165, 1.54) is 0 Å². The number of rotatable bonds is 5. The summed E-state index contributed by atoms with van der Waals surface area (Å²) in [5.74, 6) is -1.71. The van der Waals surface area contributed by atoms with Crippen LogP contribution in [0.3, 0.4) is 0 Å². The van der Waals surface area contributed by atoms with Crippen molar-refractivity contribution >= 4 is 12.0 Å². The number of hydrogen-bond acceptors (Lipinski definition) is 4. The fourth-order valence-electron chi connectivity index (χ4n) is 3.22. The number of carboxylic acid groups (broad SMARTS) is 1. The molecule has 1 heterocycles. The Morgan fingerprint density at radius 1 is 1.30 bits per heavy atom. The highest BCUT2D eigenvalue weighted by molar-refractivity contribution is 5.85. The predicted molar refractivity (Wildman–Crippen MR) is 86.9 cm³/mol. The molecule has 0 saturated carbocycles. The van der Waals surface area contributed by atoms with E-state index in [2.05, 4.69) is 13.8 Å². The predicted octanol–water partition coefficient (Wildman–Crippen LogP) is 3.76. The molecule has 0 bridgehead atoms. The Kier molecular flexibility index (Phi) is 4.66. The van der Waals surface area contributed by atoms with Gasteiger partial charge < -0.3 is 9.84 Å². The third-order valence-electron chi connectivity index (χ3n) is 4.33. The molecule has 1 aromatic carbocycles. The second-order valence-corrected chi connectivity index (χ2v) is 6.56. The fraction of sp³-hybridized carbons (Fsp3) is 0.500. The third-order valence-corrected chi connectivity index (χ3v) is 4.33. The molecule has 0 radical (unpaired) electrons. The van der Waals surface area contributed by atoms with E-state index in [4.69, 9.17) is 19.6 Å². The van der Waals surface area contributed by atoms with E-state index in [-0.39, 0.29) is 5.92 Å². The monoisotopic (exact) mass is 320 g/mol. The molecular formula is C18H24O5. The van der Waals surface area contributed by atoms with Crippen molar-refractivity contribution in [1.82, 2.24) is 0 Å². The Morgan fingerprint density at radius 2 is 1.96 bits per heavy atom. The van der Waals surface area contributed by atoms with Crippen LogP contribution >= 0.6 is 0 Å². The minimum absolute atomic E-state index is 0.224. The molecule has 1 N–H and O–H groups in total. The molecule has 1 aliphatic rings. The lowest BCUT2D eigenvalue weighted by Gasteiger charge is -2.52. The topological polar surface area (TPSA) is 65.0 Å². The summed E-state index contributed by atoms with van der Waals surface area (Å²) in [6.07, 6.45) is 2.77. The molecule has 5 nitrogen and oxygen atoms in total. The lowest BCUT2D eigenvalue weighted by molar-refractivity contribution is -0.611. The first-order valence-electron chi connectivity index (χ1n) is 7.63. The largest absolute Gasteiger partial charge is 0.478 e. The van der Waals surface area contributed by atoms with E-state index in [1.807, 2.05) is 32.9 Å². The molecule has 0 spiro atoms. The van der Waals surface area contributed by atoms with Crippen LogP contribution in [-0.4, -0.2) is 23.8 Å².